The summed E-state index contributed by atoms with van der Waals surface area (Å²) in [5.74, 6) is -9.48. The van der Waals surface area contributed by atoms with Crippen LogP contribution in [0.15, 0.2) is 218 Å². The summed E-state index contributed by atoms with van der Waals surface area (Å²) in [6.45, 7) is 0. The van der Waals surface area contributed by atoms with Crippen LogP contribution in [0.2, 0.25) is 0 Å². The molecule has 0 radical (unpaired) electrons. The molecule has 0 bridgehead atoms. The Morgan fingerprint density at radius 3 is 0.892 bits per heavy atom. The Labute approximate surface area is 466 Å². The Morgan fingerprint density at radius 1 is 0.265 bits per heavy atom. The smallest absolute Gasteiger partial charge is 0.309 e. The van der Waals surface area contributed by atoms with Crippen molar-refractivity contribution in [2.45, 2.75) is 6.18 Å². The molecule has 0 saturated heterocycles. The lowest BCUT2D eigenvalue weighted by molar-refractivity contribution is -0.137. The number of rotatable bonds is 9. The summed E-state index contributed by atoms with van der Waals surface area (Å²) in [6, 6.07) is 61.9. The van der Waals surface area contributed by atoms with Crippen LogP contribution < -0.4 is 0 Å². The van der Waals surface area contributed by atoms with Crippen LogP contribution in [0, 0.1) is 29.1 Å². The maximum Gasteiger partial charge on any atom is 0.420 e. The first-order valence-corrected chi connectivity index (χ1v) is 26.0. The van der Waals surface area contributed by atoms with Crippen LogP contribution >= 0.6 is 0 Å². The van der Waals surface area contributed by atoms with Gasteiger partial charge < -0.3 is 9.13 Å². The monoisotopic (exact) mass is 1100 g/mol. The fourth-order valence-corrected chi connectivity index (χ4v) is 10.9. The van der Waals surface area contributed by atoms with E-state index in [1.165, 1.54) is 9.13 Å². The van der Waals surface area contributed by atoms with Crippen molar-refractivity contribution in [1.29, 1.82) is 0 Å². The minimum Gasteiger partial charge on any atom is -0.309 e. The van der Waals surface area contributed by atoms with Crippen molar-refractivity contribution in [3.63, 3.8) is 0 Å². The van der Waals surface area contributed by atoms with Crippen LogP contribution in [0.5, 0.6) is 0 Å². The predicted molar refractivity (Wildman–Crippen MR) is 305 cm³/mol. The van der Waals surface area contributed by atoms with Crippen LogP contribution in [0.25, 0.3) is 134 Å². The summed E-state index contributed by atoms with van der Waals surface area (Å²) >= 11 is 0. The summed E-state index contributed by atoms with van der Waals surface area (Å²) in [5.41, 5.74) is -0.251. The van der Waals surface area contributed by atoms with E-state index in [-0.39, 0.29) is 33.7 Å². The summed E-state index contributed by atoms with van der Waals surface area (Å²) < 4.78 is 132. The van der Waals surface area contributed by atoms with Crippen molar-refractivity contribution >= 4 is 43.6 Å². The number of hydrogen-bond donors (Lipinski definition) is 0. The Balaban J connectivity index is 1.04. The third-order valence-corrected chi connectivity index (χ3v) is 14.6. The Kier molecular flexibility index (Phi) is 12.0. The highest BCUT2D eigenvalue weighted by molar-refractivity contribution is 6.12. The van der Waals surface area contributed by atoms with Gasteiger partial charge in [0.2, 0.25) is 5.82 Å². The second-order valence-corrected chi connectivity index (χ2v) is 19.6. The average molecular weight is 1110 g/mol. The molecule has 8 nitrogen and oxygen atoms in total. The number of fused-ring (bicyclic) bond motifs is 6. The molecule has 14 aromatic rings. The third-order valence-electron chi connectivity index (χ3n) is 14.6. The fourth-order valence-electron chi connectivity index (χ4n) is 10.9. The standard InChI is InChI=1S/C67H36F8N8/c68-56-54(57(69)59(71)60(72)58(56)70)43-35-52(82-48-27-15-13-25-44(48)46-33-41(29-31-50(46)82)65-78-61(37-17-5-1-6-18-37)76-62(79-65)38-19-7-2-8-20-38)55(67(73,74)75)53(36-43)83-49-28-16-14-26-45(49)47-34-42(30-32-51(47)83)66-80-63(39-21-9-3-10-22-39)77-64(81-66)40-23-11-4-12-24-40/h1-36H. The number of alkyl halides is 3. The predicted octanol–water partition coefficient (Wildman–Crippen LogP) is 17.6. The number of halogens is 8. The Hall–Kier alpha value is -10.7. The number of nitrogens with zero attached hydrogens (tertiary/aromatic N) is 8. The summed E-state index contributed by atoms with van der Waals surface area (Å²) in [5, 5.41) is 1.75. The fraction of sp³-hybridized carbons (Fsp3) is 0.0149. The molecule has 0 atom stereocenters. The van der Waals surface area contributed by atoms with Gasteiger partial charge in [0.25, 0.3) is 0 Å². The van der Waals surface area contributed by atoms with Gasteiger partial charge in [0.1, 0.15) is 5.56 Å². The van der Waals surface area contributed by atoms with E-state index in [1.54, 1.807) is 84.9 Å². The SMILES string of the molecule is Fc1c(F)c(F)c(-c2cc(-n3c4ccccc4c4cc(-c5nc(-c6ccccc6)nc(-c6ccccc6)n5)ccc43)c(C(F)(F)F)c(-n3c4ccccc4c4cc(-c5nc(-c6ccccc6)nc(-c6ccccc6)n5)ccc43)c2)c(F)c1F. The molecular weight excluding hydrogens is 1070 g/mol. The van der Waals surface area contributed by atoms with Gasteiger partial charge >= 0.3 is 6.18 Å². The zero-order valence-corrected chi connectivity index (χ0v) is 42.9. The van der Waals surface area contributed by atoms with E-state index in [4.69, 9.17) is 29.9 Å². The molecule has 0 fully saturated rings. The molecule has 0 aliphatic rings. The van der Waals surface area contributed by atoms with Crippen molar-refractivity contribution in [3.8, 4) is 90.8 Å². The normalized spacial score (nSPS) is 11.9. The van der Waals surface area contributed by atoms with Gasteiger partial charge in [0, 0.05) is 54.9 Å². The summed E-state index contributed by atoms with van der Waals surface area (Å²) in [4.78, 5) is 29.1. The Bertz CT molecular complexity index is 4490. The minimum atomic E-state index is -5.27. The molecular formula is C67H36F8N8. The first kappa shape index (κ1) is 50.5. The van der Waals surface area contributed by atoms with Crippen molar-refractivity contribution in [1.82, 2.24) is 39.0 Å². The zero-order chi connectivity index (χ0) is 56.7. The van der Waals surface area contributed by atoms with Crippen molar-refractivity contribution in [3.05, 3.63) is 253 Å². The second kappa shape index (κ2) is 19.8. The highest BCUT2D eigenvalue weighted by atomic mass is 19.4. The van der Waals surface area contributed by atoms with Gasteiger partial charge in [-0.1, -0.05) is 158 Å². The maximum absolute atomic E-state index is 16.9. The molecule has 0 aliphatic carbocycles. The first-order chi connectivity index (χ1) is 40.4. The summed E-state index contributed by atoms with van der Waals surface area (Å²) in [6.07, 6.45) is -5.27. The highest BCUT2D eigenvalue weighted by Gasteiger charge is 2.40. The second-order valence-electron chi connectivity index (χ2n) is 19.6. The molecule has 0 aliphatic heterocycles. The third kappa shape index (κ3) is 8.61. The van der Waals surface area contributed by atoms with Gasteiger partial charge in [-0.2, -0.15) is 13.2 Å². The molecule has 4 aromatic heterocycles. The van der Waals surface area contributed by atoms with Gasteiger partial charge in [-0.15, -0.1) is 0 Å². The molecule has 0 unspecified atom stereocenters. The quantitative estimate of drug-likeness (QED) is 0.0813. The van der Waals surface area contributed by atoms with E-state index < -0.39 is 63.3 Å². The molecule has 14 rings (SSSR count). The number of para-hydroxylation sites is 2. The van der Waals surface area contributed by atoms with Gasteiger partial charge in [-0.3, -0.25) is 0 Å². The van der Waals surface area contributed by atoms with E-state index in [0.717, 1.165) is 12.1 Å². The molecule has 10 aromatic carbocycles. The lowest BCUT2D eigenvalue weighted by Gasteiger charge is -2.23. The van der Waals surface area contributed by atoms with Crippen molar-refractivity contribution in [2.24, 2.45) is 0 Å². The lowest BCUT2D eigenvalue weighted by Crippen LogP contribution is -2.16. The highest BCUT2D eigenvalue weighted by Crippen LogP contribution is 2.48. The lowest BCUT2D eigenvalue weighted by atomic mass is 9.97. The Morgan fingerprint density at radius 2 is 0.554 bits per heavy atom. The van der Waals surface area contributed by atoms with E-state index in [1.807, 2.05) is 121 Å². The first-order valence-electron chi connectivity index (χ1n) is 26.0. The van der Waals surface area contributed by atoms with Crippen LogP contribution in [-0.4, -0.2) is 39.0 Å². The molecule has 0 saturated carbocycles. The molecule has 16 heteroatoms. The maximum atomic E-state index is 16.9. The molecule has 4 heterocycles. The van der Waals surface area contributed by atoms with Crippen molar-refractivity contribution < 1.29 is 35.1 Å². The van der Waals surface area contributed by atoms with Gasteiger partial charge in [0.15, 0.2) is 58.2 Å². The number of aromatic nitrogens is 8. The number of benzene rings is 10. The average Bonchev–Trinajstić information content (AvgIpc) is 4.16. The molecule has 400 valence electrons. The van der Waals surface area contributed by atoms with Gasteiger partial charge in [0.05, 0.1) is 39.0 Å². The number of hydrogen-bond acceptors (Lipinski definition) is 6. The largest absolute Gasteiger partial charge is 0.420 e. The van der Waals surface area contributed by atoms with Crippen LogP contribution in [-0.2, 0) is 6.18 Å². The molecule has 0 amide bonds. The van der Waals surface area contributed by atoms with E-state index >= 15 is 30.7 Å². The topological polar surface area (TPSA) is 87.2 Å². The van der Waals surface area contributed by atoms with E-state index in [2.05, 4.69) is 0 Å². The van der Waals surface area contributed by atoms with Gasteiger partial charge in [-0.25, -0.2) is 51.9 Å². The van der Waals surface area contributed by atoms with Gasteiger partial charge in [-0.05, 0) is 66.2 Å². The molecule has 0 spiro atoms. The van der Waals surface area contributed by atoms with E-state index in [9.17, 15) is 4.39 Å². The van der Waals surface area contributed by atoms with Crippen molar-refractivity contribution in [2.75, 3.05) is 0 Å². The van der Waals surface area contributed by atoms with Crippen LogP contribution in [0.4, 0.5) is 35.1 Å². The van der Waals surface area contributed by atoms with Crippen LogP contribution in [0.1, 0.15) is 5.56 Å². The van der Waals surface area contributed by atoms with Crippen LogP contribution in [0.3, 0.4) is 0 Å². The summed E-state index contributed by atoms with van der Waals surface area (Å²) in [7, 11) is 0. The van der Waals surface area contributed by atoms with E-state index in [0.29, 0.717) is 78.2 Å². The minimum absolute atomic E-state index is 0.190. The molecule has 83 heavy (non-hydrogen) atoms. The zero-order valence-electron chi connectivity index (χ0n) is 42.9. The molecule has 0 N–H and O–H groups in total.